The Kier molecular flexibility index (Phi) is 2.17. The van der Waals surface area contributed by atoms with E-state index in [0.717, 1.165) is 6.54 Å². The first-order chi connectivity index (χ1) is 6.36. The Bertz CT molecular complexity index is 334. The Morgan fingerprint density at radius 1 is 1.15 bits per heavy atom. The summed E-state index contributed by atoms with van der Waals surface area (Å²) in [6.45, 7) is 3.10. The Morgan fingerprint density at radius 2 is 1.92 bits per heavy atom. The van der Waals surface area contributed by atoms with E-state index in [9.17, 15) is 0 Å². The monoisotopic (exact) mass is 175 g/mol. The summed E-state index contributed by atoms with van der Waals surface area (Å²) in [4.78, 5) is 0. The van der Waals surface area contributed by atoms with Gasteiger partial charge in [0.2, 0.25) is 0 Å². The Labute approximate surface area is 77.6 Å². The van der Waals surface area contributed by atoms with Gasteiger partial charge in [0.1, 0.15) is 0 Å². The van der Waals surface area contributed by atoms with Gasteiger partial charge in [-0.25, -0.2) is 0 Å². The summed E-state index contributed by atoms with van der Waals surface area (Å²) < 4.78 is 4.13. The third-order valence-corrected chi connectivity index (χ3v) is 2.15. The third-order valence-electron chi connectivity index (χ3n) is 2.15. The first kappa shape index (κ1) is 8.10. The summed E-state index contributed by atoms with van der Waals surface area (Å²) in [5, 5.41) is 4.17. The van der Waals surface area contributed by atoms with E-state index in [4.69, 9.17) is 0 Å². The zero-order chi connectivity index (χ0) is 9.10. The van der Waals surface area contributed by atoms with Crippen LogP contribution < -0.4 is 0 Å². The third kappa shape index (κ3) is 1.80. The van der Waals surface area contributed by atoms with Crippen LogP contribution in [0.3, 0.4) is 0 Å². The molecule has 0 aliphatic heterocycles. The van der Waals surface area contributed by atoms with Crippen LogP contribution in [0, 0.1) is 0 Å². The number of rotatable bonds is 3. The molecule has 0 aromatic carbocycles. The lowest BCUT2D eigenvalue weighted by Gasteiger charge is -2.13. The summed E-state index contributed by atoms with van der Waals surface area (Å²) in [6, 6.07) is 6.48. The lowest BCUT2D eigenvalue weighted by Crippen LogP contribution is -2.11. The molecule has 0 fully saturated rings. The summed E-state index contributed by atoms with van der Waals surface area (Å²) in [5.74, 6) is 0. The van der Waals surface area contributed by atoms with Crippen LogP contribution >= 0.6 is 0 Å². The summed E-state index contributed by atoms with van der Waals surface area (Å²) in [6.07, 6.45) is 7.95. The number of nitrogens with zero attached hydrogens (tertiary/aromatic N) is 3. The molecule has 0 N–H and O–H groups in total. The summed E-state index contributed by atoms with van der Waals surface area (Å²) >= 11 is 0. The SMILES string of the molecule is CC(Cn1cccn1)n1cccc1. The Balaban J connectivity index is 2.04. The average molecular weight is 175 g/mol. The second kappa shape index (κ2) is 3.47. The minimum absolute atomic E-state index is 0.454. The minimum Gasteiger partial charge on any atom is -0.350 e. The van der Waals surface area contributed by atoms with E-state index in [2.05, 4.69) is 29.0 Å². The van der Waals surface area contributed by atoms with Crippen molar-refractivity contribution >= 4 is 0 Å². The largest absolute Gasteiger partial charge is 0.350 e. The first-order valence-corrected chi connectivity index (χ1v) is 4.46. The molecule has 13 heavy (non-hydrogen) atoms. The molecule has 3 nitrogen and oxygen atoms in total. The highest BCUT2D eigenvalue weighted by Crippen LogP contribution is 2.07. The maximum Gasteiger partial charge on any atom is 0.0614 e. The molecular formula is C10H13N3. The van der Waals surface area contributed by atoms with E-state index >= 15 is 0 Å². The zero-order valence-electron chi connectivity index (χ0n) is 7.67. The van der Waals surface area contributed by atoms with Gasteiger partial charge in [0.15, 0.2) is 0 Å². The lowest BCUT2D eigenvalue weighted by atomic mass is 10.3. The van der Waals surface area contributed by atoms with Crippen LogP contribution in [0.25, 0.3) is 0 Å². The smallest absolute Gasteiger partial charge is 0.0614 e. The molecule has 0 saturated heterocycles. The summed E-state index contributed by atoms with van der Waals surface area (Å²) in [7, 11) is 0. The molecule has 0 amide bonds. The van der Waals surface area contributed by atoms with Crippen LogP contribution in [-0.4, -0.2) is 14.3 Å². The molecule has 2 heterocycles. The molecule has 0 radical (unpaired) electrons. The number of hydrogen-bond acceptors (Lipinski definition) is 1. The van der Waals surface area contributed by atoms with Gasteiger partial charge in [-0.05, 0) is 25.1 Å². The van der Waals surface area contributed by atoms with Gasteiger partial charge < -0.3 is 4.57 Å². The van der Waals surface area contributed by atoms with Gasteiger partial charge in [0.05, 0.1) is 6.54 Å². The van der Waals surface area contributed by atoms with Crippen molar-refractivity contribution in [3.8, 4) is 0 Å². The normalized spacial score (nSPS) is 13.0. The number of hydrogen-bond donors (Lipinski definition) is 0. The fourth-order valence-electron chi connectivity index (χ4n) is 1.42. The predicted molar refractivity (Wildman–Crippen MR) is 51.4 cm³/mol. The van der Waals surface area contributed by atoms with Gasteiger partial charge in [0, 0.05) is 30.8 Å². The van der Waals surface area contributed by atoms with Crippen molar-refractivity contribution in [3.63, 3.8) is 0 Å². The molecule has 0 aliphatic rings. The van der Waals surface area contributed by atoms with Gasteiger partial charge in [-0.3, -0.25) is 4.68 Å². The molecule has 2 aromatic heterocycles. The van der Waals surface area contributed by atoms with Crippen LogP contribution in [0.15, 0.2) is 43.0 Å². The van der Waals surface area contributed by atoms with Crippen LogP contribution in [0.4, 0.5) is 0 Å². The number of aromatic nitrogens is 3. The molecule has 3 heteroatoms. The zero-order valence-corrected chi connectivity index (χ0v) is 7.67. The fraction of sp³-hybridized carbons (Fsp3) is 0.300. The molecule has 1 unspecified atom stereocenters. The first-order valence-electron chi connectivity index (χ1n) is 4.46. The molecule has 0 bridgehead atoms. The van der Waals surface area contributed by atoms with Crippen LogP contribution in [-0.2, 0) is 6.54 Å². The summed E-state index contributed by atoms with van der Waals surface area (Å²) in [5.41, 5.74) is 0. The van der Waals surface area contributed by atoms with Gasteiger partial charge >= 0.3 is 0 Å². The molecule has 2 rings (SSSR count). The van der Waals surface area contributed by atoms with Crippen molar-refractivity contribution in [2.24, 2.45) is 0 Å². The Hall–Kier alpha value is -1.51. The van der Waals surface area contributed by atoms with E-state index < -0.39 is 0 Å². The second-order valence-electron chi connectivity index (χ2n) is 3.21. The van der Waals surface area contributed by atoms with Gasteiger partial charge in [-0.1, -0.05) is 0 Å². The van der Waals surface area contributed by atoms with E-state index in [1.54, 1.807) is 0 Å². The van der Waals surface area contributed by atoms with Gasteiger partial charge in [-0.15, -0.1) is 0 Å². The Morgan fingerprint density at radius 3 is 2.54 bits per heavy atom. The van der Waals surface area contributed by atoms with Crippen LogP contribution in [0.5, 0.6) is 0 Å². The molecule has 0 spiro atoms. The van der Waals surface area contributed by atoms with Crippen molar-refractivity contribution in [3.05, 3.63) is 43.0 Å². The fourth-order valence-corrected chi connectivity index (χ4v) is 1.42. The lowest BCUT2D eigenvalue weighted by molar-refractivity contribution is 0.438. The predicted octanol–water partition coefficient (Wildman–Crippen LogP) is 1.95. The van der Waals surface area contributed by atoms with E-state index in [0.29, 0.717) is 6.04 Å². The maximum absolute atomic E-state index is 4.17. The van der Waals surface area contributed by atoms with Crippen molar-refractivity contribution in [1.82, 2.24) is 14.3 Å². The van der Waals surface area contributed by atoms with Gasteiger partial charge in [0.25, 0.3) is 0 Å². The topological polar surface area (TPSA) is 22.8 Å². The van der Waals surface area contributed by atoms with Crippen molar-refractivity contribution < 1.29 is 0 Å². The quantitative estimate of drug-likeness (QED) is 0.699. The van der Waals surface area contributed by atoms with E-state index in [-0.39, 0.29) is 0 Å². The van der Waals surface area contributed by atoms with Gasteiger partial charge in [-0.2, -0.15) is 5.10 Å². The van der Waals surface area contributed by atoms with Crippen molar-refractivity contribution in [2.75, 3.05) is 0 Å². The molecule has 2 aromatic rings. The molecule has 0 saturated carbocycles. The minimum atomic E-state index is 0.454. The second-order valence-corrected chi connectivity index (χ2v) is 3.21. The van der Waals surface area contributed by atoms with Crippen LogP contribution in [0.1, 0.15) is 13.0 Å². The standard InChI is InChI=1S/C10H13N3/c1-10(12-6-2-3-7-12)9-13-8-4-5-11-13/h2-8,10H,9H2,1H3. The average Bonchev–Trinajstić information content (AvgIpc) is 2.74. The maximum atomic E-state index is 4.17. The highest BCUT2D eigenvalue weighted by atomic mass is 15.3. The van der Waals surface area contributed by atoms with Crippen LogP contribution in [0.2, 0.25) is 0 Å². The van der Waals surface area contributed by atoms with E-state index in [1.165, 1.54) is 0 Å². The molecule has 0 aliphatic carbocycles. The molecular weight excluding hydrogens is 162 g/mol. The van der Waals surface area contributed by atoms with Crippen molar-refractivity contribution in [1.29, 1.82) is 0 Å². The van der Waals surface area contributed by atoms with Crippen molar-refractivity contribution in [2.45, 2.75) is 19.5 Å². The molecule has 1 atom stereocenters. The molecule has 68 valence electrons. The highest BCUT2D eigenvalue weighted by Gasteiger charge is 2.02. The highest BCUT2D eigenvalue weighted by molar-refractivity contribution is 4.92. The van der Waals surface area contributed by atoms with E-state index in [1.807, 2.05) is 35.3 Å².